The third kappa shape index (κ3) is 30.4. The first-order valence-electron chi connectivity index (χ1n) is 28.1. The minimum absolute atomic E-state index is 0.243. The Morgan fingerprint density at radius 3 is 1.49 bits per heavy atom. The summed E-state index contributed by atoms with van der Waals surface area (Å²) < 4.78 is 22.7. The lowest BCUT2D eigenvalue weighted by Gasteiger charge is -2.46. The van der Waals surface area contributed by atoms with Crippen LogP contribution >= 0.6 is 0 Å². The molecule has 0 aromatic rings. The maximum absolute atomic E-state index is 13.2. The Labute approximate surface area is 445 Å². The lowest BCUT2D eigenvalue weighted by atomic mass is 9.97. The molecule has 12 atom stereocenters. The Balaban J connectivity index is 1.78. The van der Waals surface area contributed by atoms with Gasteiger partial charge in [0.15, 0.2) is 12.6 Å². The molecule has 74 heavy (non-hydrogen) atoms. The van der Waals surface area contributed by atoms with Gasteiger partial charge in [-0.25, -0.2) is 0 Å². The van der Waals surface area contributed by atoms with Crippen molar-refractivity contribution in [1.29, 1.82) is 0 Å². The molecule has 2 heterocycles. The third-order valence-electron chi connectivity index (χ3n) is 12.9. The molecule has 0 spiro atoms. The number of allylic oxidation sites excluding steroid dienone is 17. The summed E-state index contributed by atoms with van der Waals surface area (Å²) in [6.07, 6.45) is 45.5. The molecule has 14 nitrogen and oxygen atoms in total. The Hall–Kier alpha value is -3.35. The quantitative estimate of drug-likeness (QED) is 0.0206. The van der Waals surface area contributed by atoms with E-state index in [0.29, 0.717) is 12.8 Å². The molecule has 9 N–H and O–H groups in total. The number of unbranched alkanes of at least 4 members (excludes halogenated alkanes) is 13. The van der Waals surface area contributed by atoms with Crippen molar-refractivity contribution in [2.45, 2.75) is 242 Å². The van der Waals surface area contributed by atoms with Gasteiger partial charge in [-0.15, -0.1) is 0 Å². The van der Waals surface area contributed by atoms with E-state index in [1.807, 2.05) is 6.08 Å². The zero-order valence-electron chi connectivity index (χ0n) is 45.0. The molecule has 2 aliphatic heterocycles. The van der Waals surface area contributed by atoms with Gasteiger partial charge in [0, 0.05) is 6.42 Å². The van der Waals surface area contributed by atoms with Gasteiger partial charge in [-0.3, -0.25) is 4.79 Å². The Morgan fingerprint density at radius 1 is 0.500 bits per heavy atom. The predicted molar refractivity (Wildman–Crippen MR) is 295 cm³/mol. The number of ether oxygens (including phenoxy) is 4. The van der Waals surface area contributed by atoms with E-state index in [2.05, 4.69) is 116 Å². The molecule has 422 valence electrons. The number of amides is 1. The zero-order valence-corrected chi connectivity index (χ0v) is 45.0. The van der Waals surface area contributed by atoms with E-state index in [1.54, 1.807) is 6.08 Å². The second kappa shape index (κ2) is 44.7. The van der Waals surface area contributed by atoms with E-state index in [1.165, 1.54) is 44.9 Å². The molecule has 0 radical (unpaired) electrons. The van der Waals surface area contributed by atoms with Crippen molar-refractivity contribution in [3.05, 3.63) is 109 Å². The summed E-state index contributed by atoms with van der Waals surface area (Å²) in [6, 6.07) is -0.949. The van der Waals surface area contributed by atoms with E-state index in [0.717, 1.165) is 89.9 Å². The monoisotopic (exact) mass is 1040 g/mol. The number of carbonyl (C=O) groups excluding carboxylic acids is 1. The first-order valence-corrected chi connectivity index (χ1v) is 28.1. The molecule has 2 saturated heterocycles. The summed E-state index contributed by atoms with van der Waals surface area (Å²) >= 11 is 0. The van der Waals surface area contributed by atoms with Crippen molar-refractivity contribution in [3.63, 3.8) is 0 Å². The highest BCUT2D eigenvalue weighted by Gasteiger charge is 2.51. The molecule has 2 rings (SSSR count). The van der Waals surface area contributed by atoms with Gasteiger partial charge >= 0.3 is 0 Å². The fraction of sp³-hybridized carbons (Fsp3) is 0.683. The Morgan fingerprint density at radius 2 is 0.946 bits per heavy atom. The third-order valence-corrected chi connectivity index (χ3v) is 12.9. The average Bonchev–Trinajstić information content (AvgIpc) is 3.40. The van der Waals surface area contributed by atoms with Crippen molar-refractivity contribution in [1.82, 2.24) is 5.32 Å². The Bertz CT molecular complexity index is 1650. The van der Waals surface area contributed by atoms with Crippen molar-refractivity contribution in [2.24, 2.45) is 0 Å². The van der Waals surface area contributed by atoms with Crippen LogP contribution in [0.4, 0.5) is 0 Å². The zero-order chi connectivity index (χ0) is 53.9. The van der Waals surface area contributed by atoms with Crippen LogP contribution in [-0.4, -0.2) is 140 Å². The fourth-order valence-electron chi connectivity index (χ4n) is 8.40. The summed E-state index contributed by atoms with van der Waals surface area (Å²) in [5, 5.41) is 86.8. The summed E-state index contributed by atoms with van der Waals surface area (Å²) in [6.45, 7) is 2.60. The summed E-state index contributed by atoms with van der Waals surface area (Å²) in [7, 11) is 0. The lowest BCUT2D eigenvalue weighted by Crippen LogP contribution is -2.65. The number of carbonyl (C=O) groups is 1. The predicted octanol–water partition coefficient (Wildman–Crippen LogP) is 8.88. The highest BCUT2D eigenvalue weighted by molar-refractivity contribution is 5.76. The molecule has 0 aromatic carbocycles. The van der Waals surface area contributed by atoms with Crippen LogP contribution in [-0.2, 0) is 23.7 Å². The minimum atomic E-state index is -1.80. The lowest BCUT2D eigenvalue weighted by molar-refractivity contribution is -0.359. The van der Waals surface area contributed by atoms with Crippen LogP contribution in [0.15, 0.2) is 109 Å². The standard InChI is InChI=1S/C60H99NO13/c1-3-5-7-9-11-13-15-17-18-19-20-21-22-23-24-25-26-27-28-29-30-32-34-36-38-40-42-44-52(65)61-48(49(64)43-41-39-37-35-33-31-16-14-12-10-8-6-4-2)47-71-59-57(70)55(68)58(51(46-63)73-59)74-60-56(69)54(67)53(66)50(45-62)72-60/h5,7,11,13,17-18,20-21,23-24,26-27,29-30,33,35,41,43,48-51,53-60,62-64,66-70H,3-4,6,8-10,12,14-16,19,22,25,28,31-32,34,36-40,42,44-47H2,1-2H3,(H,61,65)/b7-5-,13-11-,18-17-,21-20-,24-23-,27-26-,30-29-,35-33+,43-41+. The number of rotatable bonds is 42. The highest BCUT2D eigenvalue weighted by atomic mass is 16.7. The molecule has 12 unspecified atom stereocenters. The summed E-state index contributed by atoms with van der Waals surface area (Å²) in [5.41, 5.74) is 0. The number of aliphatic hydroxyl groups is 8. The normalized spacial score (nSPS) is 26.1. The molecular weight excluding hydrogens is 943 g/mol. The number of hydrogen-bond acceptors (Lipinski definition) is 13. The topological polar surface area (TPSA) is 228 Å². The van der Waals surface area contributed by atoms with E-state index >= 15 is 0 Å². The van der Waals surface area contributed by atoms with Gasteiger partial charge in [0.2, 0.25) is 5.91 Å². The van der Waals surface area contributed by atoms with Crippen LogP contribution in [0.25, 0.3) is 0 Å². The van der Waals surface area contributed by atoms with Crippen LogP contribution in [0.2, 0.25) is 0 Å². The van der Waals surface area contributed by atoms with Gasteiger partial charge in [-0.1, -0.05) is 181 Å². The molecule has 2 aliphatic rings. The first-order chi connectivity index (χ1) is 36.1. The van der Waals surface area contributed by atoms with E-state index in [-0.39, 0.29) is 18.9 Å². The number of aliphatic hydroxyl groups excluding tert-OH is 8. The van der Waals surface area contributed by atoms with Gasteiger partial charge in [-0.05, 0) is 89.9 Å². The largest absolute Gasteiger partial charge is 0.394 e. The highest BCUT2D eigenvalue weighted by Crippen LogP contribution is 2.30. The SMILES string of the molecule is CC/C=C\C/C=C\C/C=C\C/C=C\C/C=C\C/C=C\C/C=C\CCCCCCCC(=O)NC(COC1OC(CO)C(OC2OC(CO)C(O)C(O)C2O)C(O)C1O)C(O)/C=C/CC/C=C/CCCCCCCCC. The minimum Gasteiger partial charge on any atom is -0.394 e. The van der Waals surface area contributed by atoms with Crippen molar-refractivity contribution < 1.29 is 64.6 Å². The maximum Gasteiger partial charge on any atom is 0.220 e. The Kier molecular flexibility index (Phi) is 40.4. The number of hydrogen-bond donors (Lipinski definition) is 9. The summed E-state index contributed by atoms with van der Waals surface area (Å²) in [5.74, 6) is -0.275. The fourth-order valence-corrected chi connectivity index (χ4v) is 8.40. The van der Waals surface area contributed by atoms with Gasteiger partial charge < -0.3 is 65.1 Å². The van der Waals surface area contributed by atoms with E-state index in [9.17, 15) is 45.6 Å². The molecule has 14 heteroatoms. The van der Waals surface area contributed by atoms with Crippen molar-refractivity contribution in [2.75, 3.05) is 19.8 Å². The summed E-state index contributed by atoms with van der Waals surface area (Å²) in [4.78, 5) is 13.2. The molecule has 0 aliphatic carbocycles. The molecule has 0 saturated carbocycles. The molecule has 0 aromatic heterocycles. The van der Waals surface area contributed by atoms with Crippen LogP contribution in [0, 0.1) is 0 Å². The molecule has 2 fully saturated rings. The van der Waals surface area contributed by atoms with Crippen LogP contribution < -0.4 is 5.32 Å². The van der Waals surface area contributed by atoms with Gasteiger partial charge in [0.25, 0.3) is 0 Å². The average molecular weight is 1040 g/mol. The van der Waals surface area contributed by atoms with E-state index in [4.69, 9.17) is 18.9 Å². The first kappa shape index (κ1) is 66.8. The van der Waals surface area contributed by atoms with Gasteiger partial charge in [-0.2, -0.15) is 0 Å². The molecular formula is C60H99NO13. The van der Waals surface area contributed by atoms with Crippen LogP contribution in [0.5, 0.6) is 0 Å². The molecule has 0 bridgehead atoms. The van der Waals surface area contributed by atoms with Crippen molar-refractivity contribution in [3.8, 4) is 0 Å². The second-order valence-corrected chi connectivity index (χ2v) is 19.3. The second-order valence-electron chi connectivity index (χ2n) is 19.3. The van der Waals surface area contributed by atoms with Crippen LogP contribution in [0.1, 0.15) is 168 Å². The van der Waals surface area contributed by atoms with Gasteiger partial charge in [0.05, 0.1) is 32.0 Å². The van der Waals surface area contributed by atoms with Crippen LogP contribution in [0.3, 0.4) is 0 Å². The van der Waals surface area contributed by atoms with E-state index < -0.39 is 86.8 Å². The van der Waals surface area contributed by atoms with Crippen molar-refractivity contribution >= 4 is 5.91 Å². The maximum atomic E-state index is 13.2. The molecule has 1 amide bonds. The number of nitrogens with one attached hydrogen (secondary N) is 1. The smallest absolute Gasteiger partial charge is 0.220 e. The van der Waals surface area contributed by atoms with Gasteiger partial charge in [0.1, 0.15) is 48.8 Å².